The standard InChI is InChI=1S/C14H8Cl2N4/c15-8-5-10-11(6-9(8)16)19-14(18-10)12-7-20-4-2-1-3-13(20)17-12/h1-7H,(H,18,19). The zero-order valence-electron chi connectivity index (χ0n) is 10.1. The van der Waals surface area contributed by atoms with Gasteiger partial charge in [0.2, 0.25) is 0 Å². The number of pyridine rings is 1. The number of hydrogen-bond donors (Lipinski definition) is 1. The molecule has 98 valence electrons. The van der Waals surface area contributed by atoms with Gasteiger partial charge in [0.25, 0.3) is 0 Å². The average molecular weight is 303 g/mol. The Morgan fingerprint density at radius 3 is 2.75 bits per heavy atom. The van der Waals surface area contributed by atoms with E-state index in [1.165, 1.54) is 0 Å². The second-order valence-corrected chi connectivity index (χ2v) is 5.28. The molecule has 0 fully saturated rings. The van der Waals surface area contributed by atoms with E-state index in [1.807, 2.05) is 35.0 Å². The van der Waals surface area contributed by atoms with Gasteiger partial charge in [-0.05, 0) is 24.3 Å². The van der Waals surface area contributed by atoms with Crippen molar-refractivity contribution >= 4 is 39.9 Å². The van der Waals surface area contributed by atoms with Gasteiger partial charge in [0, 0.05) is 12.4 Å². The summed E-state index contributed by atoms with van der Waals surface area (Å²) in [6, 6.07) is 9.36. The smallest absolute Gasteiger partial charge is 0.158 e. The molecule has 1 aromatic carbocycles. The molecule has 4 rings (SSSR count). The molecule has 0 saturated carbocycles. The molecule has 0 atom stereocenters. The molecular formula is C14H8Cl2N4. The van der Waals surface area contributed by atoms with Gasteiger partial charge < -0.3 is 9.38 Å². The summed E-state index contributed by atoms with van der Waals surface area (Å²) < 4.78 is 1.95. The van der Waals surface area contributed by atoms with E-state index in [0.717, 1.165) is 22.4 Å². The zero-order valence-corrected chi connectivity index (χ0v) is 11.7. The molecule has 0 spiro atoms. The molecule has 0 aliphatic rings. The van der Waals surface area contributed by atoms with Gasteiger partial charge in [-0.1, -0.05) is 29.3 Å². The normalized spacial score (nSPS) is 11.5. The SMILES string of the molecule is Clc1cc2nc(-c3cn4ccccc4n3)[nH]c2cc1Cl. The average Bonchev–Trinajstić information content (AvgIpc) is 3.02. The Bertz CT molecular complexity index is 867. The van der Waals surface area contributed by atoms with Crippen LogP contribution < -0.4 is 0 Å². The number of imidazole rings is 2. The summed E-state index contributed by atoms with van der Waals surface area (Å²) in [4.78, 5) is 12.2. The van der Waals surface area contributed by atoms with Gasteiger partial charge >= 0.3 is 0 Å². The molecule has 0 amide bonds. The van der Waals surface area contributed by atoms with Gasteiger partial charge in [-0.2, -0.15) is 0 Å². The van der Waals surface area contributed by atoms with Gasteiger partial charge in [0.05, 0.1) is 21.1 Å². The van der Waals surface area contributed by atoms with Crippen LogP contribution in [0.3, 0.4) is 0 Å². The third-order valence-corrected chi connectivity index (χ3v) is 3.85. The fourth-order valence-corrected chi connectivity index (χ4v) is 2.50. The van der Waals surface area contributed by atoms with E-state index in [0.29, 0.717) is 15.9 Å². The Labute approximate surface area is 124 Å². The van der Waals surface area contributed by atoms with Gasteiger partial charge in [0.1, 0.15) is 11.3 Å². The van der Waals surface area contributed by atoms with Crippen LogP contribution in [0, 0.1) is 0 Å². The first-order valence-corrected chi connectivity index (χ1v) is 6.75. The topological polar surface area (TPSA) is 46.0 Å². The van der Waals surface area contributed by atoms with Crippen molar-refractivity contribution in [3.63, 3.8) is 0 Å². The molecule has 3 aromatic heterocycles. The summed E-state index contributed by atoms with van der Waals surface area (Å²) in [5, 5.41) is 0.997. The van der Waals surface area contributed by atoms with E-state index in [9.17, 15) is 0 Å². The lowest BCUT2D eigenvalue weighted by Gasteiger charge is -1.93. The first-order chi connectivity index (χ1) is 9.70. The Morgan fingerprint density at radius 1 is 1.05 bits per heavy atom. The third kappa shape index (κ3) is 1.77. The number of aromatic amines is 1. The lowest BCUT2D eigenvalue weighted by Crippen LogP contribution is -1.78. The van der Waals surface area contributed by atoms with Crippen molar-refractivity contribution in [1.29, 1.82) is 0 Å². The number of nitrogens with zero attached hydrogens (tertiary/aromatic N) is 3. The van der Waals surface area contributed by atoms with Crippen LogP contribution in [0.4, 0.5) is 0 Å². The molecule has 0 radical (unpaired) electrons. The van der Waals surface area contributed by atoms with E-state index in [1.54, 1.807) is 12.1 Å². The van der Waals surface area contributed by atoms with Crippen molar-refractivity contribution in [3.8, 4) is 11.5 Å². The molecule has 0 bridgehead atoms. The van der Waals surface area contributed by atoms with E-state index in [-0.39, 0.29) is 0 Å². The van der Waals surface area contributed by atoms with Gasteiger partial charge in [-0.25, -0.2) is 9.97 Å². The van der Waals surface area contributed by atoms with Gasteiger partial charge in [-0.15, -0.1) is 0 Å². The molecule has 6 heteroatoms. The highest BCUT2D eigenvalue weighted by atomic mass is 35.5. The number of benzene rings is 1. The summed E-state index contributed by atoms with van der Waals surface area (Å²) in [6.07, 6.45) is 3.87. The number of H-pyrrole nitrogens is 1. The summed E-state index contributed by atoms with van der Waals surface area (Å²) in [7, 11) is 0. The van der Waals surface area contributed by atoms with Crippen molar-refractivity contribution in [2.24, 2.45) is 0 Å². The van der Waals surface area contributed by atoms with Gasteiger partial charge in [0.15, 0.2) is 5.82 Å². The number of nitrogens with one attached hydrogen (secondary N) is 1. The van der Waals surface area contributed by atoms with Crippen LogP contribution >= 0.6 is 23.2 Å². The zero-order chi connectivity index (χ0) is 13.7. The lowest BCUT2D eigenvalue weighted by molar-refractivity contribution is 1.19. The molecular weight excluding hydrogens is 295 g/mol. The fraction of sp³-hybridized carbons (Fsp3) is 0. The summed E-state index contributed by atoms with van der Waals surface area (Å²) in [5.41, 5.74) is 3.26. The van der Waals surface area contributed by atoms with Crippen LogP contribution in [0.1, 0.15) is 0 Å². The quantitative estimate of drug-likeness (QED) is 0.573. The van der Waals surface area contributed by atoms with Crippen LogP contribution in [0.25, 0.3) is 28.2 Å². The van der Waals surface area contributed by atoms with E-state index in [4.69, 9.17) is 23.2 Å². The minimum Gasteiger partial charge on any atom is -0.337 e. The molecule has 0 saturated heterocycles. The molecule has 0 unspecified atom stereocenters. The van der Waals surface area contributed by atoms with E-state index < -0.39 is 0 Å². The second kappa shape index (κ2) is 4.23. The van der Waals surface area contributed by atoms with E-state index >= 15 is 0 Å². The molecule has 4 aromatic rings. The first kappa shape index (κ1) is 11.8. The number of halogens is 2. The van der Waals surface area contributed by atoms with Crippen LogP contribution in [0.2, 0.25) is 10.0 Å². The Balaban J connectivity index is 1.93. The highest BCUT2D eigenvalue weighted by molar-refractivity contribution is 6.42. The largest absolute Gasteiger partial charge is 0.337 e. The Hall–Kier alpha value is -2.04. The molecule has 4 nitrogen and oxygen atoms in total. The van der Waals surface area contributed by atoms with Crippen LogP contribution in [0.5, 0.6) is 0 Å². The minimum absolute atomic E-state index is 0.493. The molecule has 0 aliphatic carbocycles. The highest BCUT2D eigenvalue weighted by Crippen LogP contribution is 2.28. The monoisotopic (exact) mass is 302 g/mol. The van der Waals surface area contributed by atoms with Crippen molar-refractivity contribution < 1.29 is 0 Å². The number of hydrogen-bond acceptors (Lipinski definition) is 2. The van der Waals surface area contributed by atoms with Crippen LogP contribution in [-0.4, -0.2) is 19.4 Å². The fourth-order valence-electron chi connectivity index (χ4n) is 2.17. The highest BCUT2D eigenvalue weighted by Gasteiger charge is 2.11. The molecule has 0 aliphatic heterocycles. The molecule has 3 heterocycles. The number of rotatable bonds is 1. The predicted molar refractivity (Wildman–Crippen MR) is 80.3 cm³/mol. The maximum absolute atomic E-state index is 6.01. The van der Waals surface area contributed by atoms with Crippen molar-refractivity contribution in [1.82, 2.24) is 19.4 Å². The van der Waals surface area contributed by atoms with Gasteiger partial charge in [-0.3, -0.25) is 0 Å². The predicted octanol–water partition coefficient (Wildman–Crippen LogP) is 4.18. The minimum atomic E-state index is 0.493. The number of aromatic nitrogens is 4. The molecule has 1 N–H and O–H groups in total. The second-order valence-electron chi connectivity index (χ2n) is 4.46. The first-order valence-electron chi connectivity index (χ1n) is 5.99. The van der Waals surface area contributed by atoms with E-state index in [2.05, 4.69) is 15.0 Å². The van der Waals surface area contributed by atoms with Crippen molar-refractivity contribution in [3.05, 3.63) is 52.8 Å². The maximum atomic E-state index is 6.01. The van der Waals surface area contributed by atoms with Crippen molar-refractivity contribution in [2.75, 3.05) is 0 Å². The summed E-state index contributed by atoms with van der Waals surface area (Å²) in [6.45, 7) is 0. The van der Waals surface area contributed by atoms with Crippen molar-refractivity contribution in [2.45, 2.75) is 0 Å². The van der Waals surface area contributed by atoms with Crippen LogP contribution in [-0.2, 0) is 0 Å². The number of fused-ring (bicyclic) bond motifs is 2. The Morgan fingerprint density at radius 2 is 1.90 bits per heavy atom. The Kier molecular flexibility index (Phi) is 2.49. The maximum Gasteiger partial charge on any atom is 0.158 e. The lowest BCUT2D eigenvalue weighted by atomic mass is 10.3. The molecule has 20 heavy (non-hydrogen) atoms. The van der Waals surface area contributed by atoms with Crippen LogP contribution in [0.15, 0.2) is 42.7 Å². The summed E-state index contributed by atoms with van der Waals surface area (Å²) >= 11 is 12.0. The summed E-state index contributed by atoms with van der Waals surface area (Å²) in [5.74, 6) is 0.696. The third-order valence-electron chi connectivity index (χ3n) is 3.13.